The van der Waals surface area contributed by atoms with Crippen LogP contribution in [0.2, 0.25) is 5.02 Å². The fourth-order valence-electron chi connectivity index (χ4n) is 3.77. The van der Waals surface area contributed by atoms with E-state index in [2.05, 4.69) is 36.2 Å². The average molecular weight is 325 g/mol. The number of hydrogen-bond acceptors (Lipinski definition) is 2. The van der Waals surface area contributed by atoms with E-state index in [0.29, 0.717) is 0 Å². The highest BCUT2D eigenvalue weighted by Gasteiger charge is 2.24. The van der Waals surface area contributed by atoms with Crippen LogP contribution in [0, 0.1) is 0 Å². The molecular formula is C20H21ClN2. The van der Waals surface area contributed by atoms with Gasteiger partial charge in [-0.15, -0.1) is 0 Å². The van der Waals surface area contributed by atoms with Crippen molar-refractivity contribution < 1.29 is 0 Å². The smallest absolute Gasteiger partial charge is 0.0739 e. The largest absolute Gasteiger partial charge is 0.306 e. The van der Waals surface area contributed by atoms with E-state index in [1.165, 1.54) is 28.0 Å². The second-order valence-electron chi connectivity index (χ2n) is 6.59. The third-order valence-corrected chi connectivity index (χ3v) is 5.31. The van der Waals surface area contributed by atoms with Gasteiger partial charge in [-0.2, -0.15) is 0 Å². The second kappa shape index (κ2) is 6.10. The molecule has 1 aliphatic heterocycles. The van der Waals surface area contributed by atoms with Crippen molar-refractivity contribution in [2.75, 3.05) is 20.1 Å². The first-order valence-corrected chi connectivity index (χ1v) is 8.74. The van der Waals surface area contributed by atoms with Crippen LogP contribution >= 0.6 is 11.6 Å². The van der Waals surface area contributed by atoms with Crippen molar-refractivity contribution >= 4 is 17.2 Å². The van der Waals surface area contributed by atoms with Crippen LogP contribution in [0.5, 0.6) is 0 Å². The van der Waals surface area contributed by atoms with Gasteiger partial charge in [0.25, 0.3) is 0 Å². The van der Waals surface area contributed by atoms with E-state index in [9.17, 15) is 0 Å². The number of nitrogens with zero attached hydrogens (tertiary/aromatic N) is 2. The van der Waals surface area contributed by atoms with Crippen molar-refractivity contribution in [1.82, 2.24) is 9.88 Å². The Morgan fingerprint density at radius 3 is 2.61 bits per heavy atom. The molecule has 2 nitrogen and oxygen atoms in total. The number of hydrogen-bond donors (Lipinski definition) is 0. The van der Waals surface area contributed by atoms with Crippen LogP contribution < -0.4 is 0 Å². The molecule has 2 heterocycles. The molecule has 0 spiro atoms. The first-order chi connectivity index (χ1) is 11.2. The summed E-state index contributed by atoms with van der Waals surface area (Å²) >= 11 is 6.26. The Bertz CT molecular complexity index is 769. The molecule has 2 aliphatic rings. The van der Waals surface area contributed by atoms with Crippen LogP contribution in [-0.4, -0.2) is 30.0 Å². The van der Waals surface area contributed by atoms with Gasteiger partial charge in [0, 0.05) is 29.9 Å². The number of fused-ring (bicyclic) bond motifs is 2. The highest BCUT2D eigenvalue weighted by atomic mass is 35.5. The van der Waals surface area contributed by atoms with E-state index >= 15 is 0 Å². The molecule has 2 aromatic rings. The van der Waals surface area contributed by atoms with E-state index in [-0.39, 0.29) is 0 Å². The first kappa shape index (κ1) is 14.9. The van der Waals surface area contributed by atoms with Crippen molar-refractivity contribution in [1.29, 1.82) is 0 Å². The molecule has 0 amide bonds. The molecule has 118 valence electrons. The van der Waals surface area contributed by atoms with Crippen molar-refractivity contribution in [3.63, 3.8) is 0 Å². The van der Waals surface area contributed by atoms with Crippen molar-refractivity contribution in [2.45, 2.75) is 25.7 Å². The molecule has 3 heteroatoms. The number of rotatable bonds is 0. The summed E-state index contributed by atoms with van der Waals surface area (Å²) in [5.41, 5.74) is 8.17. The number of pyridine rings is 1. The lowest BCUT2D eigenvalue weighted by Crippen LogP contribution is -2.27. The van der Waals surface area contributed by atoms with E-state index in [1.807, 2.05) is 12.3 Å². The SMILES string of the molecule is CN1CCC(=C2c3ccc(Cl)cc3CCc3cccnc32)CC1. The molecule has 4 rings (SSSR count). The Hall–Kier alpha value is -1.64. The van der Waals surface area contributed by atoms with Gasteiger partial charge in [-0.1, -0.05) is 29.3 Å². The zero-order valence-corrected chi connectivity index (χ0v) is 14.2. The molecule has 23 heavy (non-hydrogen) atoms. The molecule has 0 radical (unpaired) electrons. The van der Waals surface area contributed by atoms with E-state index in [1.54, 1.807) is 5.57 Å². The molecule has 1 aromatic heterocycles. The summed E-state index contributed by atoms with van der Waals surface area (Å²) in [5, 5.41) is 0.829. The number of benzene rings is 1. The van der Waals surface area contributed by atoms with Gasteiger partial charge in [0.05, 0.1) is 5.69 Å². The lowest BCUT2D eigenvalue weighted by Gasteiger charge is -2.27. The number of aromatic nitrogens is 1. The molecule has 0 bridgehead atoms. The number of aryl methyl sites for hydroxylation is 2. The van der Waals surface area contributed by atoms with Gasteiger partial charge in [0.1, 0.15) is 0 Å². The van der Waals surface area contributed by atoms with Gasteiger partial charge in [-0.25, -0.2) is 0 Å². The van der Waals surface area contributed by atoms with Crippen LogP contribution in [-0.2, 0) is 12.8 Å². The topological polar surface area (TPSA) is 16.1 Å². The summed E-state index contributed by atoms with van der Waals surface area (Å²) < 4.78 is 0. The highest BCUT2D eigenvalue weighted by molar-refractivity contribution is 6.30. The molecule has 1 fully saturated rings. The molecule has 1 saturated heterocycles. The summed E-state index contributed by atoms with van der Waals surface area (Å²) in [4.78, 5) is 7.18. The normalized spacial score (nSPS) is 18.3. The summed E-state index contributed by atoms with van der Waals surface area (Å²) in [7, 11) is 2.20. The van der Waals surface area contributed by atoms with Crippen LogP contribution in [0.25, 0.3) is 5.57 Å². The lowest BCUT2D eigenvalue weighted by atomic mass is 9.89. The molecular weight excluding hydrogens is 304 g/mol. The molecule has 0 saturated carbocycles. The van der Waals surface area contributed by atoms with E-state index in [0.717, 1.165) is 43.8 Å². The van der Waals surface area contributed by atoms with Crippen LogP contribution in [0.1, 0.15) is 35.2 Å². The van der Waals surface area contributed by atoms with Gasteiger partial charge >= 0.3 is 0 Å². The van der Waals surface area contributed by atoms with Gasteiger partial charge in [-0.05, 0) is 67.6 Å². The minimum atomic E-state index is 0.829. The maximum atomic E-state index is 6.26. The Morgan fingerprint density at radius 2 is 1.78 bits per heavy atom. The van der Waals surface area contributed by atoms with Crippen LogP contribution in [0.3, 0.4) is 0 Å². The standard InChI is InChI=1S/C20H21ClN2/c1-23-11-8-14(9-12-23)19-18-7-6-17(21)13-16(18)5-4-15-3-2-10-22-20(15)19/h2-3,6-7,10,13H,4-5,8-9,11-12H2,1H3. The molecule has 0 N–H and O–H groups in total. The maximum absolute atomic E-state index is 6.26. The van der Waals surface area contributed by atoms with Crippen molar-refractivity contribution in [3.8, 4) is 0 Å². The Labute approximate surface area is 142 Å². The monoisotopic (exact) mass is 324 g/mol. The van der Waals surface area contributed by atoms with Gasteiger partial charge in [0.2, 0.25) is 0 Å². The van der Waals surface area contributed by atoms with Gasteiger partial charge in [-0.3, -0.25) is 4.98 Å². The van der Waals surface area contributed by atoms with E-state index < -0.39 is 0 Å². The fourth-order valence-corrected chi connectivity index (χ4v) is 3.97. The zero-order chi connectivity index (χ0) is 15.8. The molecule has 1 aliphatic carbocycles. The molecule has 1 aromatic carbocycles. The predicted molar refractivity (Wildman–Crippen MR) is 95.9 cm³/mol. The fraction of sp³-hybridized carbons (Fsp3) is 0.350. The minimum Gasteiger partial charge on any atom is -0.306 e. The Balaban J connectivity index is 1.94. The summed E-state index contributed by atoms with van der Waals surface area (Å²) in [6, 6.07) is 10.6. The first-order valence-electron chi connectivity index (χ1n) is 8.36. The lowest BCUT2D eigenvalue weighted by molar-refractivity contribution is 0.313. The second-order valence-corrected chi connectivity index (χ2v) is 7.03. The maximum Gasteiger partial charge on any atom is 0.0739 e. The average Bonchev–Trinajstić information content (AvgIpc) is 2.72. The minimum absolute atomic E-state index is 0.829. The number of likely N-dealkylation sites (tertiary alicyclic amines) is 1. The van der Waals surface area contributed by atoms with E-state index in [4.69, 9.17) is 16.6 Å². The predicted octanol–water partition coefficient (Wildman–Crippen LogP) is 4.36. The van der Waals surface area contributed by atoms with Gasteiger partial charge < -0.3 is 4.90 Å². The summed E-state index contributed by atoms with van der Waals surface area (Å²) in [5.74, 6) is 0. The van der Waals surface area contributed by atoms with Crippen molar-refractivity contribution in [3.05, 3.63) is 69.5 Å². The molecule has 0 unspecified atom stereocenters. The van der Waals surface area contributed by atoms with Gasteiger partial charge in [0.15, 0.2) is 0 Å². The molecule has 0 atom stereocenters. The highest BCUT2D eigenvalue weighted by Crippen LogP contribution is 2.38. The third kappa shape index (κ3) is 2.82. The van der Waals surface area contributed by atoms with Crippen molar-refractivity contribution in [2.24, 2.45) is 0 Å². The quantitative estimate of drug-likeness (QED) is 0.715. The Kier molecular flexibility index (Phi) is 3.96. The Morgan fingerprint density at radius 1 is 1.00 bits per heavy atom. The van der Waals surface area contributed by atoms with Crippen LogP contribution in [0.4, 0.5) is 0 Å². The zero-order valence-electron chi connectivity index (χ0n) is 13.5. The van der Waals surface area contributed by atoms with Crippen LogP contribution in [0.15, 0.2) is 42.1 Å². The third-order valence-electron chi connectivity index (χ3n) is 5.07. The number of piperidine rings is 1. The number of halogens is 1. The summed E-state index contributed by atoms with van der Waals surface area (Å²) in [6.45, 7) is 2.26. The summed E-state index contributed by atoms with van der Waals surface area (Å²) in [6.07, 6.45) is 6.25.